The summed E-state index contributed by atoms with van der Waals surface area (Å²) in [5, 5.41) is 4.47. The first kappa shape index (κ1) is 13.3. The van der Waals surface area contributed by atoms with Crippen LogP contribution in [0.25, 0.3) is 10.9 Å². The van der Waals surface area contributed by atoms with E-state index in [1.165, 1.54) is 12.8 Å². The quantitative estimate of drug-likeness (QED) is 0.930. The van der Waals surface area contributed by atoms with E-state index < -0.39 is 0 Å². The Labute approximate surface area is 120 Å². The molecule has 1 aromatic carbocycles. The summed E-state index contributed by atoms with van der Waals surface area (Å²) in [5.41, 5.74) is 1.03. The van der Waals surface area contributed by atoms with E-state index in [9.17, 15) is 0 Å². The van der Waals surface area contributed by atoms with E-state index in [-0.39, 0.29) is 0 Å². The topological polar surface area (TPSA) is 41.0 Å². The molecule has 1 aliphatic heterocycles. The molecule has 3 rings (SSSR count). The van der Waals surface area contributed by atoms with Gasteiger partial charge in [-0.05, 0) is 38.8 Å². The molecule has 0 amide bonds. The minimum Gasteiger partial charge on any atom is -0.341 e. The van der Waals surface area contributed by atoms with Gasteiger partial charge in [0.1, 0.15) is 0 Å². The first-order valence-electron chi connectivity index (χ1n) is 7.42. The van der Waals surface area contributed by atoms with Gasteiger partial charge in [0.05, 0.1) is 5.52 Å². The van der Waals surface area contributed by atoms with E-state index in [0.717, 1.165) is 35.9 Å². The van der Waals surface area contributed by atoms with Gasteiger partial charge in [-0.1, -0.05) is 18.2 Å². The Kier molecular flexibility index (Phi) is 3.83. The number of para-hydroxylation sites is 1. The number of nitrogens with zero attached hydrogens (tertiary/aromatic N) is 3. The number of nitrogens with one attached hydrogen (secondary N) is 1. The van der Waals surface area contributed by atoms with Crippen LogP contribution in [0.2, 0.25) is 0 Å². The molecule has 1 saturated heterocycles. The SMILES string of the molecule is CNC(C)C1CCN(c2ncc3ccccc3n2)CC1. The van der Waals surface area contributed by atoms with Crippen LogP contribution in [0.4, 0.5) is 5.95 Å². The Morgan fingerprint density at radius 2 is 2.00 bits per heavy atom. The second-order valence-electron chi connectivity index (χ2n) is 5.63. The van der Waals surface area contributed by atoms with E-state index in [1.807, 2.05) is 25.4 Å². The summed E-state index contributed by atoms with van der Waals surface area (Å²) in [4.78, 5) is 11.5. The van der Waals surface area contributed by atoms with Gasteiger partial charge in [0.15, 0.2) is 0 Å². The van der Waals surface area contributed by atoms with Crippen LogP contribution in [0, 0.1) is 5.92 Å². The predicted molar refractivity (Wildman–Crippen MR) is 83.0 cm³/mol. The molecule has 20 heavy (non-hydrogen) atoms. The Hall–Kier alpha value is -1.68. The molecule has 1 N–H and O–H groups in total. The van der Waals surface area contributed by atoms with Crippen molar-refractivity contribution < 1.29 is 0 Å². The maximum Gasteiger partial charge on any atom is 0.225 e. The number of hydrogen-bond acceptors (Lipinski definition) is 4. The predicted octanol–water partition coefficient (Wildman–Crippen LogP) is 2.45. The Morgan fingerprint density at radius 1 is 1.25 bits per heavy atom. The van der Waals surface area contributed by atoms with Gasteiger partial charge >= 0.3 is 0 Å². The molecular formula is C16H22N4. The second-order valence-corrected chi connectivity index (χ2v) is 5.63. The van der Waals surface area contributed by atoms with Crippen molar-refractivity contribution in [2.24, 2.45) is 5.92 Å². The fourth-order valence-electron chi connectivity index (χ4n) is 2.95. The van der Waals surface area contributed by atoms with Gasteiger partial charge in [-0.3, -0.25) is 0 Å². The Bertz CT molecular complexity index is 575. The summed E-state index contributed by atoms with van der Waals surface area (Å²) in [5.74, 6) is 1.64. The van der Waals surface area contributed by atoms with Crippen LogP contribution in [0.15, 0.2) is 30.5 Å². The summed E-state index contributed by atoms with van der Waals surface area (Å²) < 4.78 is 0. The number of fused-ring (bicyclic) bond motifs is 1. The van der Waals surface area contributed by atoms with Crippen LogP contribution in [0.3, 0.4) is 0 Å². The molecule has 1 fully saturated rings. The molecule has 106 valence electrons. The van der Waals surface area contributed by atoms with Gasteiger partial charge in [0.25, 0.3) is 0 Å². The van der Waals surface area contributed by atoms with Crippen LogP contribution in [-0.2, 0) is 0 Å². The lowest BCUT2D eigenvalue weighted by molar-refractivity contribution is 0.322. The van der Waals surface area contributed by atoms with Crippen LogP contribution in [0.5, 0.6) is 0 Å². The van der Waals surface area contributed by atoms with Crippen molar-refractivity contribution in [3.05, 3.63) is 30.5 Å². The number of aromatic nitrogens is 2. The van der Waals surface area contributed by atoms with Gasteiger partial charge in [0, 0.05) is 30.7 Å². The lowest BCUT2D eigenvalue weighted by Gasteiger charge is -2.34. The number of hydrogen-bond donors (Lipinski definition) is 1. The van der Waals surface area contributed by atoms with E-state index >= 15 is 0 Å². The highest BCUT2D eigenvalue weighted by Crippen LogP contribution is 2.24. The van der Waals surface area contributed by atoms with Crippen LogP contribution in [0.1, 0.15) is 19.8 Å². The Balaban J connectivity index is 1.73. The molecule has 0 bridgehead atoms. The zero-order valence-electron chi connectivity index (χ0n) is 12.2. The highest BCUT2D eigenvalue weighted by molar-refractivity contribution is 5.78. The fourth-order valence-corrected chi connectivity index (χ4v) is 2.95. The maximum absolute atomic E-state index is 4.69. The standard InChI is InChI=1S/C16H22N4/c1-12(17-2)13-7-9-20(10-8-13)16-18-11-14-5-3-4-6-15(14)19-16/h3-6,11-13,17H,7-10H2,1-2H3. The minimum atomic E-state index is 0.592. The van der Waals surface area contributed by atoms with Gasteiger partial charge in [-0.25, -0.2) is 9.97 Å². The highest BCUT2D eigenvalue weighted by atomic mass is 15.2. The van der Waals surface area contributed by atoms with Gasteiger partial charge < -0.3 is 10.2 Å². The summed E-state index contributed by atoms with van der Waals surface area (Å²) in [7, 11) is 2.05. The summed E-state index contributed by atoms with van der Waals surface area (Å²) in [6.07, 6.45) is 4.34. The average molecular weight is 270 g/mol. The molecule has 2 aromatic rings. The lowest BCUT2D eigenvalue weighted by atomic mass is 9.90. The smallest absolute Gasteiger partial charge is 0.225 e. The van der Waals surface area contributed by atoms with Crippen molar-refractivity contribution in [3.63, 3.8) is 0 Å². The summed E-state index contributed by atoms with van der Waals surface area (Å²) in [6.45, 7) is 4.37. The minimum absolute atomic E-state index is 0.592. The number of benzene rings is 1. The lowest BCUT2D eigenvalue weighted by Crippen LogP contribution is -2.41. The third-order valence-electron chi connectivity index (χ3n) is 4.46. The maximum atomic E-state index is 4.69. The van der Waals surface area contributed by atoms with E-state index in [4.69, 9.17) is 0 Å². The largest absolute Gasteiger partial charge is 0.341 e. The fraction of sp³-hybridized carbons (Fsp3) is 0.500. The molecule has 0 spiro atoms. The van der Waals surface area contributed by atoms with E-state index in [2.05, 4.69) is 39.2 Å². The number of rotatable bonds is 3. The van der Waals surface area contributed by atoms with Crippen LogP contribution >= 0.6 is 0 Å². The third kappa shape index (κ3) is 2.61. The van der Waals surface area contributed by atoms with Crippen LogP contribution in [-0.4, -0.2) is 36.1 Å². The van der Waals surface area contributed by atoms with Crippen molar-refractivity contribution in [1.29, 1.82) is 0 Å². The van der Waals surface area contributed by atoms with Crippen molar-refractivity contribution in [1.82, 2.24) is 15.3 Å². The molecular weight excluding hydrogens is 248 g/mol. The van der Waals surface area contributed by atoms with Gasteiger partial charge in [0.2, 0.25) is 5.95 Å². The molecule has 1 atom stereocenters. The first-order chi connectivity index (χ1) is 9.78. The molecule has 4 nitrogen and oxygen atoms in total. The first-order valence-corrected chi connectivity index (χ1v) is 7.42. The molecule has 2 heterocycles. The molecule has 4 heteroatoms. The number of anilines is 1. The van der Waals surface area contributed by atoms with Crippen molar-refractivity contribution in [2.75, 3.05) is 25.0 Å². The molecule has 0 aliphatic carbocycles. The van der Waals surface area contributed by atoms with Gasteiger partial charge in [-0.15, -0.1) is 0 Å². The number of piperidine rings is 1. The zero-order valence-corrected chi connectivity index (χ0v) is 12.2. The van der Waals surface area contributed by atoms with Gasteiger partial charge in [-0.2, -0.15) is 0 Å². The van der Waals surface area contributed by atoms with Crippen molar-refractivity contribution in [3.8, 4) is 0 Å². The second kappa shape index (κ2) is 5.75. The summed E-state index contributed by atoms with van der Waals surface area (Å²) >= 11 is 0. The molecule has 1 unspecified atom stereocenters. The van der Waals surface area contributed by atoms with Crippen molar-refractivity contribution in [2.45, 2.75) is 25.8 Å². The molecule has 1 aliphatic rings. The zero-order chi connectivity index (χ0) is 13.9. The average Bonchev–Trinajstić information content (AvgIpc) is 2.54. The van der Waals surface area contributed by atoms with Crippen molar-refractivity contribution >= 4 is 16.9 Å². The molecule has 1 aromatic heterocycles. The highest BCUT2D eigenvalue weighted by Gasteiger charge is 2.24. The van der Waals surface area contributed by atoms with Crippen LogP contribution < -0.4 is 10.2 Å². The molecule has 0 saturated carbocycles. The summed E-state index contributed by atoms with van der Waals surface area (Å²) in [6, 6.07) is 8.75. The monoisotopic (exact) mass is 270 g/mol. The van der Waals surface area contributed by atoms with E-state index in [1.54, 1.807) is 0 Å². The third-order valence-corrected chi connectivity index (χ3v) is 4.46. The Morgan fingerprint density at radius 3 is 2.75 bits per heavy atom. The molecule has 0 radical (unpaired) electrons. The van der Waals surface area contributed by atoms with E-state index in [0.29, 0.717) is 6.04 Å². The normalized spacial score (nSPS) is 18.4.